The summed E-state index contributed by atoms with van der Waals surface area (Å²) in [5.74, 6) is 0.104. The number of hydrogen-bond donors (Lipinski definition) is 2. The summed E-state index contributed by atoms with van der Waals surface area (Å²) in [6.45, 7) is 8.94. The van der Waals surface area contributed by atoms with Crippen LogP contribution < -0.4 is 10.6 Å². The number of hydrogen-bond acceptors (Lipinski definition) is 2. The van der Waals surface area contributed by atoms with E-state index in [4.69, 9.17) is 0 Å². The molecule has 90 valence electrons. The van der Waals surface area contributed by atoms with Gasteiger partial charge in [-0.25, -0.2) is 0 Å². The molecule has 0 radical (unpaired) electrons. The maximum absolute atomic E-state index is 11.5. The van der Waals surface area contributed by atoms with E-state index in [1.165, 1.54) is 12.8 Å². The van der Waals surface area contributed by atoms with Gasteiger partial charge in [0.15, 0.2) is 0 Å². The van der Waals surface area contributed by atoms with Crippen LogP contribution in [0.4, 0.5) is 0 Å². The Morgan fingerprint density at radius 3 is 2.40 bits per heavy atom. The fraction of sp³-hybridized carbons (Fsp3) is 0.917. The first-order chi connectivity index (χ1) is 7.15. The molecule has 0 bridgehead atoms. The Morgan fingerprint density at radius 1 is 1.27 bits per heavy atom. The van der Waals surface area contributed by atoms with Crippen molar-refractivity contribution in [1.29, 1.82) is 0 Å². The molecular formula is C12H26N2O. The number of unbranched alkanes of at least 4 members (excludes halogenated alkanes) is 1. The average molecular weight is 214 g/mol. The number of nitrogens with one attached hydrogen (secondary N) is 2. The maximum atomic E-state index is 11.5. The second-order valence-corrected chi connectivity index (χ2v) is 4.03. The van der Waals surface area contributed by atoms with Gasteiger partial charge < -0.3 is 10.6 Å². The highest BCUT2D eigenvalue weighted by Gasteiger charge is 2.15. The number of carbonyl (C=O) groups excluding carboxylic acids is 1. The normalized spacial score (nSPS) is 14.7. The third-order valence-corrected chi connectivity index (χ3v) is 2.63. The summed E-state index contributed by atoms with van der Waals surface area (Å²) >= 11 is 0. The van der Waals surface area contributed by atoms with Gasteiger partial charge >= 0.3 is 0 Å². The fourth-order valence-corrected chi connectivity index (χ4v) is 1.61. The lowest BCUT2D eigenvalue weighted by Crippen LogP contribution is -2.46. The van der Waals surface area contributed by atoms with Crippen molar-refractivity contribution in [3.05, 3.63) is 0 Å². The molecule has 15 heavy (non-hydrogen) atoms. The zero-order valence-electron chi connectivity index (χ0n) is 10.6. The highest BCUT2D eigenvalue weighted by atomic mass is 16.2. The van der Waals surface area contributed by atoms with Crippen LogP contribution in [0.5, 0.6) is 0 Å². The van der Waals surface area contributed by atoms with Crippen LogP contribution in [-0.4, -0.2) is 24.5 Å². The van der Waals surface area contributed by atoms with Crippen LogP contribution in [0.1, 0.15) is 53.4 Å². The second kappa shape index (κ2) is 8.72. The zero-order chi connectivity index (χ0) is 11.7. The van der Waals surface area contributed by atoms with E-state index in [0.29, 0.717) is 12.6 Å². The van der Waals surface area contributed by atoms with Crippen LogP contribution in [0, 0.1) is 0 Å². The second-order valence-electron chi connectivity index (χ2n) is 4.03. The minimum Gasteiger partial charge on any atom is -0.355 e. The smallest absolute Gasteiger partial charge is 0.236 e. The Hall–Kier alpha value is -0.570. The van der Waals surface area contributed by atoms with Crippen molar-refractivity contribution in [2.75, 3.05) is 6.54 Å². The quantitative estimate of drug-likeness (QED) is 0.649. The Balaban J connectivity index is 3.88. The van der Waals surface area contributed by atoms with Crippen LogP contribution in [0.2, 0.25) is 0 Å². The molecule has 3 heteroatoms. The highest BCUT2D eigenvalue weighted by molar-refractivity contribution is 5.81. The molecule has 2 atom stereocenters. The Morgan fingerprint density at radius 2 is 1.93 bits per heavy atom. The van der Waals surface area contributed by atoms with Crippen molar-refractivity contribution in [1.82, 2.24) is 10.6 Å². The van der Waals surface area contributed by atoms with Crippen molar-refractivity contribution >= 4 is 5.91 Å². The van der Waals surface area contributed by atoms with Gasteiger partial charge in [-0.3, -0.25) is 4.79 Å². The predicted octanol–water partition coefficient (Wildman–Crippen LogP) is 2.07. The summed E-state index contributed by atoms with van der Waals surface area (Å²) in [4.78, 5) is 11.5. The molecule has 0 aromatic carbocycles. The van der Waals surface area contributed by atoms with Gasteiger partial charge in [0.1, 0.15) is 0 Å². The monoisotopic (exact) mass is 214 g/mol. The number of rotatable bonds is 8. The van der Waals surface area contributed by atoms with Crippen molar-refractivity contribution in [2.24, 2.45) is 0 Å². The first-order valence-electron chi connectivity index (χ1n) is 6.19. The molecule has 3 nitrogen and oxygen atoms in total. The van der Waals surface area contributed by atoms with E-state index in [9.17, 15) is 4.79 Å². The molecule has 0 aliphatic rings. The number of carbonyl (C=O) groups is 1. The molecule has 1 amide bonds. The van der Waals surface area contributed by atoms with Gasteiger partial charge in [-0.15, -0.1) is 0 Å². The van der Waals surface area contributed by atoms with E-state index in [1.54, 1.807) is 0 Å². The first-order valence-corrected chi connectivity index (χ1v) is 6.19. The Kier molecular flexibility index (Phi) is 8.38. The molecule has 0 aromatic rings. The lowest BCUT2D eigenvalue weighted by atomic mass is 10.1. The summed E-state index contributed by atoms with van der Waals surface area (Å²) < 4.78 is 0. The van der Waals surface area contributed by atoms with Crippen molar-refractivity contribution in [3.8, 4) is 0 Å². The molecule has 2 N–H and O–H groups in total. The number of likely N-dealkylation sites (N-methyl/N-ethyl adjacent to an activating group) is 1. The van der Waals surface area contributed by atoms with Crippen LogP contribution in [0.3, 0.4) is 0 Å². The highest BCUT2D eigenvalue weighted by Crippen LogP contribution is 2.05. The first kappa shape index (κ1) is 14.4. The van der Waals surface area contributed by atoms with Crippen LogP contribution in [0.25, 0.3) is 0 Å². The van der Waals surface area contributed by atoms with Gasteiger partial charge in [0, 0.05) is 12.6 Å². The number of amides is 1. The summed E-state index contributed by atoms with van der Waals surface area (Å²) in [5, 5.41) is 6.20. The van der Waals surface area contributed by atoms with E-state index in [0.717, 1.165) is 12.8 Å². The van der Waals surface area contributed by atoms with Gasteiger partial charge in [0.05, 0.1) is 6.04 Å². The topological polar surface area (TPSA) is 41.1 Å². The minimum atomic E-state index is -0.0771. The largest absolute Gasteiger partial charge is 0.355 e. The van der Waals surface area contributed by atoms with Crippen LogP contribution in [0.15, 0.2) is 0 Å². The molecule has 0 saturated carbocycles. The molecule has 0 fully saturated rings. The lowest BCUT2D eigenvalue weighted by molar-refractivity contribution is -0.122. The maximum Gasteiger partial charge on any atom is 0.236 e. The fourth-order valence-electron chi connectivity index (χ4n) is 1.61. The van der Waals surface area contributed by atoms with Crippen molar-refractivity contribution in [2.45, 2.75) is 65.5 Å². The van der Waals surface area contributed by atoms with Crippen molar-refractivity contribution in [3.63, 3.8) is 0 Å². The zero-order valence-corrected chi connectivity index (χ0v) is 10.6. The van der Waals surface area contributed by atoms with E-state index in [2.05, 4.69) is 24.5 Å². The molecule has 0 heterocycles. The molecular weight excluding hydrogens is 188 g/mol. The molecule has 2 unspecified atom stereocenters. The molecule has 0 rings (SSSR count). The summed E-state index contributed by atoms with van der Waals surface area (Å²) in [5.41, 5.74) is 0. The Bertz CT molecular complexity index is 171. The van der Waals surface area contributed by atoms with E-state index >= 15 is 0 Å². The SMILES string of the molecule is CCCCC(CC)NC(C)C(=O)NCC. The average Bonchev–Trinajstić information content (AvgIpc) is 2.24. The molecule has 0 spiro atoms. The predicted molar refractivity (Wildman–Crippen MR) is 64.9 cm³/mol. The van der Waals surface area contributed by atoms with Gasteiger partial charge in [-0.05, 0) is 26.7 Å². The molecule has 0 saturated heterocycles. The summed E-state index contributed by atoms with van der Waals surface area (Å²) in [7, 11) is 0. The van der Waals surface area contributed by atoms with E-state index < -0.39 is 0 Å². The molecule has 0 aromatic heterocycles. The lowest BCUT2D eigenvalue weighted by Gasteiger charge is -2.21. The van der Waals surface area contributed by atoms with Crippen molar-refractivity contribution < 1.29 is 4.79 Å². The summed E-state index contributed by atoms with van der Waals surface area (Å²) in [6.07, 6.45) is 4.70. The molecule has 0 aliphatic heterocycles. The molecule has 0 aliphatic carbocycles. The van der Waals surface area contributed by atoms with E-state index in [-0.39, 0.29) is 11.9 Å². The van der Waals surface area contributed by atoms with Gasteiger partial charge in [-0.2, -0.15) is 0 Å². The van der Waals surface area contributed by atoms with Gasteiger partial charge in [-0.1, -0.05) is 26.7 Å². The minimum absolute atomic E-state index is 0.0771. The van der Waals surface area contributed by atoms with E-state index in [1.807, 2.05) is 13.8 Å². The van der Waals surface area contributed by atoms with Crippen LogP contribution in [-0.2, 0) is 4.79 Å². The van der Waals surface area contributed by atoms with Gasteiger partial charge in [0.2, 0.25) is 5.91 Å². The third-order valence-electron chi connectivity index (χ3n) is 2.63. The Labute approximate surface area is 94.0 Å². The van der Waals surface area contributed by atoms with Gasteiger partial charge in [0.25, 0.3) is 0 Å². The standard InChI is InChI=1S/C12H26N2O/c1-5-8-9-11(6-2)14-10(4)12(15)13-7-3/h10-11,14H,5-9H2,1-4H3,(H,13,15). The summed E-state index contributed by atoms with van der Waals surface area (Å²) in [6, 6.07) is 0.398. The van der Waals surface area contributed by atoms with Crippen LogP contribution >= 0.6 is 0 Å². The third kappa shape index (κ3) is 6.50.